The number of nitrogens with one attached hydrogen (secondary N) is 1. The number of primary amides is 1. The third-order valence-corrected chi connectivity index (χ3v) is 3.19. The average Bonchev–Trinajstić information content (AvgIpc) is 2.30. The maximum atomic E-state index is 12.0. The van der Waals surface area contributed by atoms with Crippen LogP contribution in [0.25, 0.3) is 5.69 Å². The van der Waals surface area contributed by atoms with Gasteiger partial charge >= 0.3 is 5.69 Å². The lowest BCUT2D eigenvalue weighted by Gasteiger charge is -2.15. The van der Waals surface area contributed by atoms with E-state index in [1.54, 1.807) is 13.8 Å². The number of aromatic nitrogens is 2. The molecule has 0 aliphatic heterocycles. The predicted molar refractivity (Wildman–Crippen MR) is 77.1 cm³/mol. The maximum absolute atomic E-state index is 12.0. The van der Waals surface area contributed by atoms with E-state index in [-0.39, 0.29) is 0 Å². The van der Waals surface area contributed by atoms with Gasteiger partial charge in [0.1, 0.15) is 0 Å². The van der Waals surface area contributed by atoms with Crippen molar-refractivity contribution in [1.29, 1.82) is 0 Å². The van der Waals surface area contributed by atoms with Crippen molar-refractivity contribution in [2.45, 2.75) is 20.8 Å². The maximum Gasteiger partial charge on any atom is 0.335 e. The number of H-pyrrole nitrogens is 1. The molecular formula is C14H15N3O4. The zero-order chi connectivity index (χ0) is 15.9. The van der Waals surface area contributed by atoms with Crippen molar-refractivity contribution in [3.05, 3.63) is 55.2 Å². The topological polar surface area (TPSA) is 118 Å². The first-order chi connectivity index (χ1) is 9.73. The van der Waals surface area contributed by atoms with Crippen LogP contribution >= 0.6 is 0 Å². The molecule has 1 aromatic heterocycles. The summed E-state index contributed by atoms with van der Waals surface area (Å²) in [6.07, 6.45) is 0. The molecule has 0 fully saturated rings. The standard InChI is InChI=1S/C14H15N3O4/c1-6-4-7(2)10(8(3)5-6)17-13(20)9(11(15)18)12(19)16-14(17)21/h4-5,20H,1-3H3,(H2,15,18)(H,16,19,21). The highest BCUT2D eigenvalue weighted by Crippen LogP contribution is 2.24. The van der Waals surface area contributed by atoms with Gasteiger partial charge in [0.15, 0.2) is 5.56 Å². The van der Waals surface area contributed by atoms with E-state index in [4.69, 9.17) is 5.73 Å². The number of carbonyl (C=O) groups excluding carboxylic acids is 1. The second-order valence-electron chi connectivity index (χ2n) is 4.90. The largest absolute Gasteiger partial charge is 0.493 e. The lowest BCUT2D eigenvalue weighted by atomic mass is 10.0. The van der Waals surface area contributed by atoms with Crippen LogP contribution in [0, 0.1) is 20.8 Å². The molecule has 7 heteroatoms. The van der Waals surface area contributed by atoms with Gasteiger partial charge in [-0.05, 0) is 31.9 Å². The van der Waals surface area contributed by atoms with E-state index in [2.05, 4.69) is 0 Å². The van der Waals surface area contributed by atoms with Gasteiger partial charge in [0.2, 0.25) is 5.88 Å². The Morgan fingerprint density at radius 2 is 1.71 bits per heavy atom. The Morgan fingerprint density at radius 3 is 2.19 bits per heavy atom. The third-order valence-electron chi connectivity index (χ3n) is 3.19. The fourth-order valence-electron chi connectivity index (χ4n) is 2.48. The zero-order valence-electron chi connectivity index (χ0n) is 11.9. The molecule has 0 atom stereocenters. The van der Waals surface area contributed by atoms with Gasteiger partial charge in [0.05, 0.1) is 5.69 Å². The van der Waals surface area contributed by atoms with Gasteiger partial charge in [-0.2, -0.15) is 0 Å². The van der Waals surface area contributed by atoms with Crippen LogP contribution in [0.5, 0.6) is 5.88 Å². The highest BCUT2D eigenvalue weighted by atomic mass is 16.3. The summed E-state index contributed by atoms with van der Waals surface area (Å²) in [6, 6.07) is 3.65. The molecule has 4 N–H and O–H groups in total. The summed E-state index contributed by atoms with van der Waals surface area (Å²) >= 11 is 0. The van der Waals surface area contributed by atoms with E-state index in [1.165, 1.54) is 0 Å². The van der Waals surface area contributed by atoms with E-state index in [1.807, 2.05) is 24.0 Å². The van der Waals surface area contributed by atoms with Crippen LogP contribution < -0.4 is 17.0 Å². The van der Waals surface area contributed by atoms with Gasteiger partial charge in [-0.1, -0.05) is 17.7 Å². The molecule has 1 amide bonds. The Hall–Kier alpha value is -2.83. The molecule has 0 saturated heterocycles. The number of aromatic hydroxyl groups is 1. The first-order valence-electron chi connectivity index (χ1n) is 6.20. The van der Waals surface area contributed by atoms with Crippen LogP contribution in [-0.2, 0) is 0 Å². The van der Waals surface area contributed by atoms with Gasteiger partial charge in [-0.25, -0.2) is 9.36 Å². The van der Waals surface area contributed by atoms with E-state index >= 15 is 0 Å². The van der Waals surface area contributed by atoms with Crippen LogP contribution in [-0.4, -0.2) is 20.6 Å². The van der Waals surface area contributed by atoms with Crippen molar-refractivity contribution in [2.24, 2.45) is 5.73 Å². The molecule has 0 aliphatic rings. The minimum absolute atomic E-state index is 0.404. The van der Waals surface area contributed by atoms with Crippen LogP contribution in [0.15, 0.2) is 21.7 Å². The predicted octanol–water partition coefficient (Wildman–Crippen LogP) is 0.256. The summed E-state index contributed by atoms with van der Waals surface area (Å²) in [6.45, 7) is 5.42. The average molecular weight is 289 g/mol. The Labute approximate surface area is 119 Å². The Bertz CT molecular complexity index is 838. The van der Waals surface area contributed by atoms with Gasteiger partial charge in [0.25, 0.3) is 11.5 Å². The number of nitrogens with zero attached hydrogens (tertiary/aromatic N) is 1. The molecule has 0 saturated carbocycles. The summed E-state index contributed by atoms with van der Waals surface area (Å²) in [5, 5.41) is 10.1. The van der Waals surface area contributed by atoms with Crippen LogP contribution in [0.2, 0.25) is 0 Å². The van der Waals surface area contributed by atoms with Crippen molar-refractivity contribution in [3.63, 3.8) is 0 Å². The molecule has 1 aromatic carbocycles. The third kappa shape index (κ3) is 2.33. The number of aromatic amines is 1. The summed E-state index contributed by atoms with van der Waals surface area (Å²) < 4.78 is 0.881. The quantitative estimate of drug-likeness (QED) is 0.734. The number of rotatable bonds is 2. The van der Waals surface area contributed by atoms with Crippen LogP contribution in [0.3, 0.4) is 0 Å². The van der Waals surface area contributed by atoms with Gasteiger partial charge in [0, 0.05) is 0 Å². The number of aryl methyl sites for hydroxylation is 3. The highest BCUT2D eigenvalue weighted by molar-refractivity contribution is 5.94. The molecule has 1 heterocycles. The molecule has 0 unspecified atom stereocenters. The van der Waals surface area contributed by atoms with Crippen molar-refractivity contribution < 1.29 is 9.90 Å². The number of amides is 1. The summed E-state index contributed by atoms with van der Waals surface area (Å²) in [4.78, 5) is 36.9. The molecule has 2 aromatic rings. The van der Waals surface area contributed by atoms with Crippen molar-refractivity contribution >= 4 is 5.91 Å². The summed E-state index contributed by atoms with van der Waals surface area (Å²) in [5.74, 6) is -1.86. The van der Waals surface area contributed by atoms with Gasteiger partial charge in [-0.3, -0.25) is 14.6 Å². The molecule has 0 spiro atoms. The second kappa shape index (κ2) is 4.93. The number of benzene rings is 1. The van der Waals surface area contributed by atoms with Crippen molar-refractivity contribution in [2.75, 3.05) is 0 Å². The fraction of sp³-hybridized carbons (Fsp3) is 0.214. The van der Waals surface area contributed by atoms with Gasteiger partial charge < -0.3 is 10.8 Å². The minimum Gasteiger partial charge on any atom is -0.493 e. The normalized spacial score (nSPS) is 10.6. The molecule has 0 bridgehead atoms. The zero-order valence-corrected chi connectivity index (χ0v) is 11.9. The summed E-state index contributed by atoms with van der Waals surface area (Å²) in [7, 11) is 0. The molecule has 7 nitrogen and oxygen atoms in total. The van der Waals surface area contributed by atoms with E-state index < -0.39 is 28.6 Å². The number of nitrogens with two attached hydrogens (primary N) is 1. The van der Waals surface area contributed by atoms with Crippen LogP contribution in [0.4, 0.5) is 0 Å². The molecule has 21 heavy (non-hydrogen) atoms. The van der Waals surface area contributed by atoms with E-state index in [0.29, 0.717) is 16.8 Å². The monoisotopic (exact) mass is 289 g/mol. The lowest BCUT2D eigenvalue weighted by Crippen LogP contribution is -2.35. The Balaban J connectivity index is 2.96. The molecule has 110 valence electrons. The van der Waals surface area contributed by atoms with E-state index in [0.717, 1.165) is 10.1 Å². The van der Waals surface area contributed by atoms with E-state index in [9.17, 15) is 19.5 Å². The first-order valence-corrected chi connectivity index (χ1v) is 6.20. The smallest absolute Gasteiger partial charge is 0.335 e. The first kappa shape index (κ1) is 14.6. The molecule has 2 rings (SSSR count). The molecular weight excluding hydrogens is 274 g/mol. The molecule has 0 aliphatic carbocycles. The van der Waals surface area contributed by atoms with Crippen LogP contribution in [0.1, 0.15) is 27.0 Å². The van der Waals surface area contributed by atoms with Crippen molar-refractivity contribution in [1.82, 2.24) is 9.55 Å². The number of hydrogen-bond acceptors (Lipinski definition) is 4. The Morgan fingerprint density at radius 1 is 1.19 bits per heavy atom. The summed E-state index contributed by atoms with van der Waals surface area (Å²) in [5.41, 5.74) is 5.41. The number of hydrogen-bond donors (Lipinski definition) is 3. The van der Waals surface area contributed by atoms with Gasteiger partial charge in [-0.15, -0.1) is 0 Å². The Kier molecular flexibility index (Phi) is 3.42. The molecule has 0 radical (unpaired) electrons. The lowest BCUT2D eigenvalue weighted by molar-refractivity contribution is 0.0994. The number of carbonyl (C=O) groups is 1. The van der Waals surface area contributed by atoms with Crippen molar-refractivity contribution in [3.8, 4) is 11.6 Å². The SMILES string of the molecule is Cc1cc(C)c(-n2c(O)c(C(N)=O)c(=O)[nH]c2=O)c(C)c1. The fourth-order valence-corrected chi connectivity index (χ4v) is 2.48. The second-order valence-corrected chi connectivity index (χ2v) is 4.90. The highest BCUT2D eigenvalue weighted by Gasteiger charge is 2.21. The minimum atomic E-state index is -1.11.